The second kappa shape index (κ2) is 5.63. The largest absolute Gasteiger partial charge is 0.347 e. The topological polar surface area (TPSA) is 29.1 Å². The summed E-state index contributed by atoms with van der Waals surface area (Å²) in [6.45, 7) is 5.99. The van der Waals surface area contributed by atoms with Crippen molar-refractivity contribution in [1.29, 1.82) is 0 Å². The molecule has 2 nitrogen and oxygen atoms in total. The smallest absolute Gasteiger partial charge is 0.251 e. The summed E-state index contributed by atoms with van der Waals surface area (Å²) in [7, 11) is 0. The van der Waals surface area contributed by atoms with Crippen LogP contribution in [0.4, 0.5) is 4.39 Å². The number of amides is 1. The molecule has 0 saturated heterocycles. The van der Waals surface area contributed by atoms with Gasteiger partial charge in [0.15, 0.2) is 0 Å². The first-order valence-corrected chi connectivity index (χ1v) is 6.42. The average Bonchev–Trinajstić information content (AvgIpc) is 2.21. The van der Waals surface area contributed by atoms with Crippen molar-refractivity contribution in [3.8, 4) is 0 Å². The van der Waals surface area contributed by atoms with Crippen LogP contribution in [0.1, 0.15) is 44.0 Å². The normalized spacial score (nSPS) is 11.4. The maximum atomic E-state index is 13.3. The van der Waals surface area contributed by atoms with Crippen LogP contribution in [0.3, 0.4) is 0 Å². The molecule has 1 rings (SSSR count). The summed E-state index contributed by atoms with van der Waals surface area (Å²) in [6.07, 6.45) is 1.87. The van der Waals surface area contributed by atoms with Crippen LogP contribution in [0.5, 0.6) is 0 Å². The fourth-order valence-corrected chi connectivity index (χ4v) is 1.95. The molecule has 0 aromatic heterocycles. The zero-order valence-corrected chi connectivity index (χ0v) is 11.9. The molecule has 1 amide bonds. The molecule has 0 saturated carbocycles. The molecule has 0 aliphatic heterocycles. The molecule has 0 unspecified atom stereocenters. The molecule has 0 aliphatic carbocycles. The van der Waals surface area contributed by atoms with Gasteiger partial charge >= 0.3 is 0 Å². The van der Waals surface area contributed by atoms with E-state index >= 15 is 0 Å². The minimum absolute atomic E-state index is 0.241. The summed E-state index contributed by atoms with van der Waals surface area (Å²) < 4.78 is 13.7. The molecular weight excluding hydrogens is 285 g/mol. The van der Waals surface area contributed by atoms with Crippen LogP contribution in [0.25, 0.3) is 0 Å². The molecule has 0 spiro atoms. The van der Waals surface area contributed by atoms with Crippen molar-refractivity contribution in [2.24, 2.45) is 0 Å². The summed E-state index contributed by atoms with van der Waals surface area (Å²) >= 11 is 3.06. The number of carbonyl (C=O) groups is 1. The van der Waals surface area contributed by atoms with Crippen LogP contribution in [0, 0.1) is 5.82 Å². The Balaban J connectivity index is 2.80. The van der Waals surface area contributed by atoms with Crippen LogP contribution >= 0.6 is 15.9 Å². The van der Waals surface area contributed by atoms with Gasteiger partial charge in [0, 0.05) is 11.1 Å². The highest BCUT2D eigenvalue weighted by Crippen LogP contribution is 2.17. The highest BCUT2D eigenvalue weighted by molar-refractivity contribution is 9.10. The Morgan fingerprint density at radius 1 is 1.47 bits per heavy atom. The lowest BCUT2D eigenvalue weighted by atomic mass is 9.98. The van der Waals surface area contributed by atoms with Crippen LogP contribution in [-0.2, 0) is 0 Å². The Labute approximate surface area is 110 Å². The quantitative estimate of drug-likeness (QED) is 0.898. The van der Waals surface area contributed by atoms with Gasteiger partial charge in [0.1, 0.15) is 5.82 Å². The SMILES string of the molecule is CCCC(C)(C)NC(=O)c1ccc(Br)c(F)c1. The van der Waals surface area contributed by atoms with Crippen molar-refractivity contribution in [2.45, 2.75) is 39.2 Å². The van der Waals surface area contributed by atoms with Crippen molar-refractivity contribution in [1.82, 2.24) is 5.32 Å². The molecule has 0 fully saturated rings. The minimum Gasteiger partial charge on any atom is -0.347 e. The van der Waals surface area contributed by atoms with Crippen molar-refractivity contribution < 1.29 is 9.18 Å². The highest BCUT2D eigenvalue weighted by Gasteiger charge is 2.20. The molecule has 0 radical (unpaired) electrons. The second-order valence-corrected chi connectivity index (χ2v) is 5.57. The van der Waals surface area contributed by atoms with Crippen LogP contribution in [0.2, 0.25) is 0 Å². The third kappa shape index (κ3) is 4.11. The standard InChI is InChI=1S/C13H17BrFNO/c1-4-7-13(2,3)16-12(17)9-5-6-10(14)11(15)8-9/h5-6,8H,4,7H2,1-3H3,(H,16,17). The van der Waals surface area contributed by atoms with E-state index in [2.05, 4.69) is 28.2 Å². The monoisotopic (exact) mass is 301 g/mol. The molecule has 0 heterocycles. The molecule has 4 heteroatoms. The first kappa shape index (κ1) is 14.2. The van der Waals surface area contributed by atoms with Gasteiger partial charge in [-0.25, -0.2) is 4.39 Å². The van der Waals surface area contributed by atoms with E-state index in [0.717, 1.165) is 12.8 Å². The third-order valence-corrected chi connectivity index (χ3v) is 3.15. The van der Waals surface area contributed by atoms with Crippen molar-refractivity contribution in [3.05, 3.63) is 34.1 Å². The number of carbonyl (C=O) groups excluding carboxylic acids is 1. The summed E-state index contributed by atoms with van der Waals surface area (Å²) in [6, 6.07) is 4.38. The summed E-state index contributed by atoms with van der Waals surface area (Å²) in [5.41, 5.74) is 0.0740. The number of hydrogen-bond acceptors (Lipinski definition) is 1. The molecule has 17 heavy (non-hydrogen) atoms. The zero-order chi connectivity index (χ0) is 13.1. The third-order valence-electron chi connectivity index (χ3n) is 2.51. The minimum atomic E-state index is -0.425. The van der Waals surface area contributed by atoms with E-state index in [0.29, 0.717) is 10.0 Å². The fraction of sp³-hybridized carbons (Fsp3) is 0.462. The number of benzene rings is 1. The Hall–Kier alpha value is -0.900. The van der Waals surface area contributed by atoms with Gasteiger partial charge in [0.05, 0.1) is 4.47 Å². The highest BCUT2D eigenvalue weighted by atomic mass is 79.9. The van der Waals surface area contributed by atoms with Crippen molar-refractivity contribution in [3.63, 3.8) is 0 Å². The van der Waals surface area contributed by atoms with E-state index in [-0.39, 0.29) is 11.4 Å². The fourth-order valence-electron chi connectivity index (χ4n) is 1.70. The van der Waals surface area contributed by atoms with Gasteiger partial charge in [-0.15, -0.1) is 0 Å². The molecule has 1 aromatic carbocycles. The number of hydrogen-bond donors (Lipinski definition) is 1. The number of halogens is 2. The Kier molecular flexibility index (Phi) is 4.69. The van der Waals surface area contributed by atoms with Crippen molar-refractivity contribution in [2.75, 3.05) is 0 Å². The lowest BCUT2D eigenvalue weighted by Crippen LogP contribution is -2.43. The van der Waals surface area contributed by atoms with Gasteiger partial charge in [-0.1, -0.05) is 13.3 Å². The van der Waals surface area contributed by atoms with Gasteiger partial charge < -0.3 is 5.32 Å². The van der Waals surface area contributed by atoms with Crippen LogP contribution in [-0.4, -0.2) is 11.4 Å². The summed E-state index contributed by atoms with van der Waals surface area (Å²) in [5, 5.41) is 2.90. The maximum absolute atomic E-state index is 13.3. The average molecular weight is 302 g/mol. The van der Waals surface area contributed by atoms with E-state index in [9.17, 15) is 9.18 Å². The van der Waals surface area contributed by atoms with Gasteiger partial charge in [-0.3, -0.25) is 4.79 Å². The molecule has 1 aromatic rings. The molecular formula is C13H17BrFNO. The van der Waals surface area contributed by atoms with Crippen molar-refractivity contribution >= 4 is 21.8 Å². The molecule has 0 bridgehead atoms. The van der Waals surface area contributed by atoms with Gasteiger partial charge in [-0.2, -0.15) is 0 Å². The number of rotatable bonds is 4. The molecule has 0 atom stereocenters. The van der Waals surface area contributed by atoms with E-state index in [1.807, 2.05) is 13.8 Å². The van der Waals surface area contributed by atoms with Gasteiger partial charge in [0.2, 0.25) is 0 Å². The van der Waals surface area contributed by atoms with E-state index in [4.69, 9.17) is 0 Å². The zero-order valence-electron chi connectivity index (χ0n) is 10.3. The van der Waals surface area contributed by atoms with Gasteiger partial charge in [-0.05, 0) is 54.4 Å². The van der Waals surface area contributed by atoms with Crippen LogP contribution in [0.15, 0.2) is 22.7 Å². The second-order valence-electron chi connectivity index (χ2n) is 4.72. The van der Waals surface area contributed by atoms with E-state index < -0.39 is 5.82 Å². The number of nitrogens with one attached hydrogen (secondary N) is 1. The predicted octanol–water partition coefficient (Wildman–Crippen LogP) is 3.90. The molecule has 0 aliphatic rings. The van der Waals surface area contributed by atoms with E-state index in [1.54, 1.807) is 6.07 Å². The first-order valence-electron chi connectivity index (χ1n) is 5.63. The molecule has 1 N–H and O–H groups in total. The van der Waals surface area contributed by atoms with Crippen LogP contribution < -0.4 is 5.32 Å². The lowest BCUT2D eigenvalue weighted by molar-refractivity contribution is 0.0908. The lowest BCUT2D eigenvalue weighted by Gasteiger charge is -2.25. The molecule has 94 valence electrons. The van der Waals surface area contributed by atoms with E-state index in [1.165, 1.54) is 12.1 Å². The van der Waals surface area contributed by atoms with Gasteiger partial charge in [0.25, 0.3) is 5.91 Å². The summed E-state index contributed by atoms with van der Waals surface area (Å²) in [5.74, 6) is -0.666. The summed E-state index contributed by atoms with van der Waals surface area (Å²) in [4.78, 5) is 11.9. The first-order chi connectivity index (χ1) is 7.85. The maximum Gasteiger partial charge on any atom is 0.251 e. The predicted molar refractivity (Wildman–Crippen MR) is 70.6 cm³/mol. The Bertz CT molecular complexity index is 418. The Morgan fingerprint density at radius 3 is 2.65 bits per heavy atom. The Morgan fingerprint density at radius 2 is 2.12 bits per heavy atom.